The minimum absolute atomic E-state index is 0.0250. The van der Waals surface area contributed by atoms with Crippen LogP contribution in [0.4, 0.5) is 23.2 Å². The fourth-order valence-electron chi connectivity index (χ4n) is 4.44. The molecule has 38 heavy (non-hydrogen) atoms. The van der Waals surface area contributed by atoms with E-state index in [1.807, 2.05) is 0 Å². The minimum atomic E-state index is -3.01. The smallest absolute Gasteiger partial charge is 0.387 e. The average molecular weight is 536 g/mol. The monoisotopic (exact) mass is 536 g/mol. The summed E-state index contributed by atoms with van der Waals surface area (Å²) in [7, 11) is 4.28. The van der Waals surface area contributed by atoms with Crippen molar-refractivity contribution < 1.29 is 41.4 Å². The summed E-state index contributed by atoms with van der Waals surface area (Å²) in [5, 5.41) is 6.74. The van der Waals surface area contributed by atoms with Gasteiger partial charge in [0.25, 0.3) is 11.8 Å². The van der Waals surface area contributed by atoms with Crippen LogP contribution in [-0.4, -0.2) is 55.5 Å². The largest absolute Gasteiger partial charge is 0.497 e. The number of hydrogen-bond acceptors (Lipinski definition) is 6. The van der Waals surface area contributed by atoms with Crippen molar-refractivity contribution >= 4 is 17.5 Å². The number of carbonyl (C=O) groups is 2. The van der Waals surface area contributed by atoms with E-state index in [1.165, 1.54) is 48.1 Å². The number of nitrogens with one attached hydrogen (secondary N) is 1. The van der Waals surface area contributed by atoms with Gasteiger partial charge in [0.1, 0.15) is 28.8 Å². The maximum atomic E-state index is 15.1. The molecule has 0 aliphatic carbocycles. The second-order valence-corrected chi connectivity index (χ2v) is 8.48. The zero-order valence-electron chi connectivity index (χ0n) is 20.6. The van der Waals surface area contributed by atoms with E-state index in [4.69, 9.17) is 9.47 Å². The Morgan fingerprint density at radius 2 is 1.76 bits per heavy atom. The van der Waals surface area contributed by atoms with Crippen LogP contribution in [0.1, 0.15) is 21.8 Å². The summed E-state index contributed by atoms with van der Waals surface area (Å²) in [6.07, 6.45) is 1.54. The van der Waals surface area contributed by atoms with Crippen molar-refractivity contribution in [1.29, 1.82) is 0 Å². The summed E-state index contributed by atoms with van der Waals surface area (Å²) >= 11 is 0. The second kappa shape index (κ2) is 11.0. The summed E-state index contributed by atoms with van der Waals surface area (Å²) in [5.41, 5.74) is 0.0984. The lowest BCUT2D eigenvalue weighted by molar-refractivity contribution is -0.120. The zero-order valence-corrected chi connectivity index (χ0v) is 20.6. The van der Waals surface area contributed by atoms with E-state index in [0.29, 0.717) is 5.69 Å². The molecule has 9 nitrogen and oxygen atoms in total. The maximum absolute atomic E-state index is 15.1. The molecule has 2 heterocycles. The fourth-order valence-corrected chi connectivity index (χ4v) is 4.44. The van der Waals surface area contributed by atoms with Crippen LogP contribution < -0.4 is 24.4 Å². The molecule has 1 aliphatic heterocycles. The Hall–Kier alpha value is -4.29. The molecule has 2 atom stereocenters. The van der Waals surface area contributed by atoms with Crippen molar-refractivity contribution in [1.82, 2.24) is 15.1 Å². The van der Waals surface area contributed by atoms with Crippen molar-refractivity contribution in [2.75, 3.05) is 32.2 Å². The number of anilines is 1. The number of alkyl halides is 2. The van der Waals surface area contributed by atoms with E-state index >= 15 is 8.78 Å². The zero-order chi connectivity index (χ0) is 27.6. The predicted molar refractivity (Wildman–Crippen MR) is 127 cm³/mol. The normalized spacial score (nSPS) is 17.2. The molecule has 0 bridgehead atoms. The molecular weight excluding hydrogens is 512 g/mol. The van der Waals surface area contributed by atoms with E-state index in [2.05, 4.69) is 15.2 Å². The third-order valence-corrected chi connectivity index (χ3v) is 6.19. The molecule has 1 fully saturated rings. The summed E-state index contributed by atoms with van der Waals surface area (Å²) in [6, 6.07) is 6.99. The van der Waals surface area contributed by atoms with Crippen LogP contribution in [-0.2, 0) is 11.8 Å². The van der Waals surface area contributed by atoms with E-state index in [-0.39, 0.29) is 41.6 Å². The lowest BCUT2D eigenvalue weighted by atomic mass is 9.87. The SMILES string of the molecule is COc1cc(F)c([C@@H]2CN(c3cn(C)nc3OC)C(=O)C2CNC(=O)c2ccc(OC(F)F)cc2)c(F)c1. The summed E-state index contributed by atoms with van der Waals surface area (Å²) in [4.78, 5) is 27.6. The van der Waals surface area contributed by atoms with Crippen LogP contribution in [0.3, 0.4) is 0 Å². The van der Waals surface area contributed by atoms with Crippen molar-refractivity contribution in [2.45, 2.75) is 12.5 Å². The Morgan fingerprint density at radius 1 is 1.11 bits per heavy atom. The molecule has 3 aromatic rings. The molecule has 1 N–H and O–H groups in total. The molecule has 2 amide bonds. The van der Waals surface area contributed by atoms with Gasteiger partial charge in [0.05, 0.1) is 26.3 Å². The molecule has 202 valence electrons. The number of nitrogens with zero attached hydrogens (tertiary/aromatic N) is 3. The first kappa shape index (κ1) is 26.8. The van der Waals surface area contributed by atoms with Crippen molar-refractivity contribution in [3.8, 4) is 17.4 Å². The predicted octanol–water partition coefficient (Wildman–Crippen LogP) is 3.49. The first-order valence-corrected chi connectivity index (χ1v) is 11.4. The molecule has 0 saturated carbocycles. The third kappa shape index (κ3) is 5.36. The Bertz CT molecular complexity index is 1310. The van der Waals surface area contributed by atoms with Crippen LogP contribution in [0.25, 0.3) is 0 Å². The van der Waals surface area contributed by atoms with Crippen molar-refractivity contribution in [3.63, 3.8) is 0 Å². The summed E-state index contributed by atoms with van der Waals surface area (Å²) in [6.45, 7) is -3.39. The van der Waals surface area contributed by atoms with Crippen LogP contribution in [0, 0.1) is 17.6 Å². The first-order chi connectivity index (χ1) is 18.1. The van der Waals surface area contributed by atoms with Gasteiger partial charge in [-0.3, -0.25) is 14.3 Å². The van der Waals surface area contributed by atoms with Gasteiger partial charge in [-0.15, -0.1) is 5.10 Å². The lowest BCUT2D eigenvalue weighted by Gasteiger charge is -2.19. The maximum Gasteiger partial charge on any atom is 0.387 e. The Balaban J connectivity index is 1.62. The quantitative estimate of drug-likeness (QED) is 0.421. The van der Waals surface area contributed by atoms with Gasteiger partial charge >= 0.3 is 6.61 Å². The van der Waals surface area contributed by atoms with Gasteiger partial charge in [-0.1, -0.05) is 0 Å². The molecule has 0 radical (unpaired) electrons. The highest BCUT2D eigenvalue weighted by molar-refractivity contribution is 6.00. The number of methoxy groups -OCH3 is 2. The summed E-state index contributed by atoms with van der Waals surface area (Å²) in [5.74, 6) is -4.97. The van der Waals surface area contributed by atoms with Gasteiger partial charge in [-0.25, -0.2) is 8.78 Å². The highest BCUT2D eigenvalue weighted by atomic mass is 19.3. The number of carbonyl (C=O) groups excluding carboxylic acids is 2. The van der Waals surface area contributed by atoms with E-state index in [1.54, 1.807) is 13.2 Å². The molecule has 1 unspecified atom stereocenters. The van der Waals surface area contributed by atoms with Gasteiger partial charge in [-0.05, 0) is 24.3 Å². The Labute approximate surface area is 214 Å². The second-order valence-electron chi connectivity index (χ2n) is 8.48. The number of aromatic nitrogens is 2. The fraction of sp³-hybridized carbons (Fsp3) is 0.320. The molecule has 1 saturated heterocycles. The number of aryl methyl sites for hydroxylation is 1. The number of halogens is 4. The highest BCUT2D eigenvalue weighted by Gasteiger charge is 2.45. The van der Waals surface area contributed by atoms with Gasteiger partial charge in [0.2, 0.25) is 5.91 Å². The van der Waals surface area contributed by atoms with E-state index in [0.717, 1.165) is 12.1 Å². The van der Waals surface area contributed by atoms with Crippen LogP contribution in [0.15, 0.2) is 42.6 Å². The topological polar surface area (TPSA) is 94.9 Å². The molecule has 1 aromatic heterocycles. The summed E-state index contributed by atoms with van der Waals surface area (Å²) < 4.78 is 70.8. The molecule has 0 spiro atoms. The molecule has 13 heteroatoms. The molecule has 4 rings (SSSR count). The molecule has 2 aromatic carbocycles. The van der Waals surface area contributed by atoms with Crippen molar-refractivity contribution in [3.05, 3.63) is 65.4 Å². The van der Waals surface area contributed by atoms with Gasteiger partial charge < -0.3 is 24.4 Å². The first-order valence-electron chi connectivity index (χ1n) is 11.4. The standard InChI is InChI=1S/C25H24F4N4O5/c1-32-12-20(23(31-32)37-3)33-11-17(21-18(26)8-15(36-2)9-19(21)27)16(24(33)35)10-30-22(34)13-4-6-14(7-5-13)38-25(28)29/h4-9,12,16-17,25H,10-11H2,1-3H3,(H,30,34)/t16?,17-/m1/s1. The lowest BCUT2D eigenvalue weighted by Crippen LogP contribution is -2.36. The minimum Gasteiger partial charge on any atom is -0.497 e. The molecular formula is C25H24F4N4O5. The van der Waals surface area contributed by atoms with Crippen molar-refractivity contribution in [2.24, 2.45) is 13.0 Å². The molecule has 1 aliphatic rings. The Morgan fingerprint density at radius 3 is 2.34 bits per heavy atom. The van der Waals surface area contributed by atoms with Gasteiger partial charge in [0, 0.05) is 49.3 Å². The van der Waals surface area contributed by atoms with E-state index < -0.39 is 41.9 Å². The number of rotatable bonds is 9. The van der Waals surface area contributed by atoms with Crippen LogP contribution in [0.2, 0.25) is 0 Å². The van der Waals surface area contributed by atoms with Crippen LogP contribution >= 0.6 is 0 Å². The number of hydrogen-bond donors (Lipinski definition) is 1. The average Bonchev–Trinajstić information content (AvgIpc) is 3.40. The van der Waals surface area contributed by atoms with E-state index in [9.17, 15) is 18.4 Å². The van der Waals surface area contributed by atoms with Crippen LogP contribution in [0.5, 0.6) is 17.4 Å². The third-order valence-electron chi connectivity index (χ3n) is 6.19. The van der Waals surface area contributed by atoms with Gasteiger partial charge in [-0.2, -0.15) is 8.78 Å². The number of amides is 2. The van der Waals surface area contributed by atoms with Gasteiger partial charge in [0.15, 0.2) is 0 Å². The highest BCUT2D eigenvalue weighted by Crippen LogP contribution is 2.41. The number of ether oxygens (including phenoxy) is 3. The number of benzene rings is 2. The Kier molecular flexibility index (Phi) is 7.74.